The largest absolute Gasteiger partial charge is 0.493 e. The van der Waals surface area contributed by atoms with Crippen LogP contribution in [0.15, 0.2) is 69.9 Å². The van der Waals surface area contributed by atoms with E-state index in [1.807, 2.05) is 0 Å². The number of carbonyl (C=O) groups is 1. The maximum atomic E-state index is 13.9. The number of rotatable bonds is 7. The molecule has 0 saturated carbocycles. The molecule has 1 heterocycles. The summed E-state index contributed by atoms with van der Waals surface area (Å²) in [6, 6.07) is 12.1. The van der Waals surface area contributed by atoms with E-state index in [0.717, 1.165) is 12.1 Å². The summed E-state index contributed by atoms with van der Waals surface area (Å²) in [5.74, 6) is -1.33. The first kappa shape index (κ1) is 27.6. The Morgan fingerprint density at radius 2 is 1.56 bits per heavy atom. The van der Waals surface area contributed by atoms with Gasteiger partial charge >= 0.3 is 12.1 Å². The van der Waals surface area contributed by atoms with E-state index < -0.39 is 34.5 Å². The number of benzene rings is 3. The molecule has 1 aromatic heterocycles. The van der Waals surface area contributed by atoms with Gasteiger partial charge in [-0.3, -0.25) is 4.79 Å². The standard InChI is InChI=1S/C28H20ClF3O7/c1-35-21-12-15(13-22(36-2)26(21)37-3)4-11-23(33)38-18-9-10-19-20(14-18)39-27(28(30,31)32)24(25(19)34)16-5-7-17(29)8-6-16/h4-14H,1-3H3/b11-4+. The molecule has 0 radical (unpaired) electrons. The van der Waals surface area contributed by atoms with Crippen molar-refractivity contribution in [1.82, 2.24) is 0 Å². The van der Waals surface area contributed by atoms with E-state index in [0.29, 0.717) is 27.8 Å². The highest BCUT2D eigenvalue weighted by atomic mass is 35.5. The zero-order valence-electron chi connectivity index (χ0n) is 20.7. The van der Waals surface area contributed by atoms with Crippen molar-refractivity contribution in [3.63, 3.8) is 0 Å². The second kappa shape index (κ2) is 11.1. The molecule has 0 aliphatic carbocycles. The summed E-state index contributed by atoms with van der Waals surface area (Å²) in [7, 11) is 4.34. The zero-order chi connectivity index (χ0) is 28.3. The van der Waals surface area contributed by atoms with Gasteiger partial charge in [0.05, 0.1) is 32.3 Å². The molecule has 0 amide bonds. The summed E-state index contributed by atoms with van der Waals surface area (Å²) in [4.78, 5) is 25.5. The molecule has 0 fully saturated rings. The molecule has 0 atom stereocenters. The second-order valence-electron chi connectivity index (χ2n) is 8.01. The Labute approximate surface area is 224 Å². The first-order valence-corrected chi connectivity index (χ1v) is 11.6. The van der Waals surface area contributed by atoms with Gasteiger partial charge in [0.1, 0.15) is 11.3 Å². The number of ether oxygens (including phenoxy) is 4. The molecular weight excluding hydrogens is 541 g/mol. The van der Waals surface area contributed by atoms with Gasteiger partial charge in [-0.1, -0.05) is 23.7 Å². The average Bonchev–Trinajstić information content (AvgIpc) is 2.91. The summed E-state index contributed by atoms with van der Waals surface area (Å²) in [6.45, 7) is 0. The summed E-state index contributed by atoms with van der Waals surface area (Å²) in [5.41, 5.74) is -1.43. The van der Waals surface area contributed by atoms with Crippen LogP contribution in [0.25, 0.3) is 28.2 Å². The summed E-state index contributed by atoms with van der Waals surface area (Å²) in [5, 5.41) is 0.170. The maximum absolute atomic E-state index is 13.9. The van der Waals surface area contributed by atoms with Gasteiger partial charge in [-0.05, 0) is 53.6 Å². The normalized spacial score (nSPS) is 11.6. The molecule has 7 nitrogen and oxygen atoms in total. The predicted octanol–water partition coefficient (Wildman–Crippen LogP) is 6.78. The van der Waals surface area contributed by atoms with Crippen molar-refractivity contribution in [3.8, 4) is 34.1 Å². The van der Waals surface area contributed by atoms with Gasteiger partial charge < -0.3 is 23.4 Å². The fourth-order valence-corrected chi connectivity index (χ4v) is 3.95. The van der Waals surface area contributed by atoms with Crippen LogP contribution < -0.4 is 24.4 Å². The Bertz CT molecular complexity index is 1600. The smallest absolute Gasteiger partial charge is 0.450 e. The van der Waals surface area contributed by atoms with Gasteiger partial charge in [-0.2, -0.15) is 13.2 Å². The highest BCUT2D eigenvalue weighted by Gasteiger charge is 2.39. The third-order valence-corrected chi connectivity index (χ3v) is 5.82. The molecule has 0 bridgehead atoms. The molecular formula is C28H20ClF3O7. The zero-order valence-corrected chi connectivity index (χ0v) is 21.5. The number of hydrogen-bond donors (Lipinski definition) is 0. The number of alkyl halides is 3. The Balaban J connectivity index is 1.66. The lowest BCUT2D eigenvalue weighted by Crippen LogP contribution is -2.16. The van der Waals surface area contributed by atoms with Gasteiger partial charge in [-0.25, -0.2) is 4.79 Å². The highest BCUT2D eigenvalue weighted by molar-refractivity contribution is 6.30. The molecule has 0 spiro atoms. The third kappa shape index (κ3) is 5.85. The van der Waals surface area contributed by atoms with E-state index in [4.69, 9.17) is 35.0 Å². The number of halogens is 4. The Morgan fingerprint density at radius 3 is 2.13 bits per heavy atom. The number of carbonyl (C=O) groups excluding carboxylic acids is 1. The fraction of sp³-hybridized carbons (Fsp3) is 0.143. The van der Waals surface area contributed by atoms with Crippen molar-refractivity contribution < 1.29 is 41.3 Å². The number of fused-ring (bicyclic) bond motifs is 1. The maximum Gasteiger partial charge on any atom is 0.450 e. The predicted molar refractivity (Wildman–Crippen MR) is 139 cm³/mol. The van der Waals surface area contributed by atoms with Crippen molar-refractivity contribution in [2.75, 3.05) is 21.3 Å². The summed E-state index contributed by atoms with van der Waals surface area (Å²) in [6.07, 6.45) is -2.45. The Morgan fingerprint density at radius 1 is 0.923 bits per heavy atom. The van der Waals surface area contributed by atoms with Crippen LogP contribution in [-0.4, -0.2) is 27.3 Å². The number of esters is 1. The summed E-state index contributed by atoms with van der Waals surface area (Å²) < 4.78 is 67.8. The molecule has 3 aromatic carbocycles. The fourth-order valence-electron chi connectivity index (χ4n) is 3.83. The van der Waals surface area contributed by atoms with Crippen LogP contribution in [0.5, 0.6) is 23.0 Å². The van der Waals surface area contributed by atoms with Gasteiger partial charge in [0.25, 0.3) is 0 Å². The van der Waals surface area contributed by atoms with Gasteiger partial charge in [0.15, 0.2) is 11.5 Å². The molecule has 202 valence electrons. The SMILES string of the molecule is COc1cc(/C=C/C(=O)Oc2ccc3c(=O)c(-c4ccc(Cl)cc4)c(C(F)(F)F)oc3c2)cc(OC)c1OC. The van der Waals surface area contributed by atoms with Crippen LogP contribution in [0.3, 0.4) is 0 Å². The van der Waals surface area contributed by atoms with E-state index in [1.165, 1.54) is 63.8 Å². The van der Waals surface area contributed by atoms with E-state index in [2.05, 4.69) is 0 Å². The second-order valence-corrected chi connectivity index (χ2v) is 8.45. The third-order valence-electron chi connectivity index (χ3n) is 5.57. The summed E-state index contributed by atoms with van der Waals surface area (Å²) >= 11 is 5.83. The first-order valence-electron chi connectivity index (χ1n) is 11.2. The Hall–Kier alpha value is -4.44. The number of hydrogen-bond acceptors (Lipinski definition) is 7. The van der Waals surface area contributed by atoms with Crippen LogP contribution in [-0.2, 0) is 11.0 Å². The number of methoxy groups -OCH3 is 3. The minimum absolute atomic E-state index is 0.00481. The lowest BCUT2D eigenvalue weighted by atomic mass is 10.0. The molecule has 0 unspecified atom stereocenters. The van der Waals surface area contributed by atoms with Crippen molar-refractivity contribution in [2.24, 2.45) is 0 Å². The molecule has 4 aromatic rings. The van der Waals surface area contributed by atoms with E-state index in [-0.39, 0.29) is 16.7 Å². The van der Waals surface area contributed by atoms with Crippen molar-refractivity contribution in [1.29, 1.82) is 0 Å². The molecule has 11 heteroatoms. The average molecular weight is 561 g/mol. The molecule has 0 saturated heterocycles. The topological polar surface area (TPSA) is 84.2 Å². The molecule has 39 heavy (non-hydrogen) atoms. The molecule has 4 rings (SSSR count). The van der Waals surface area contributed by atoms with Crippen LogP contribution in [0.4, 0.5) is 13.2 Å². The van der Waals surface area contributed by atoms with Gasteiger partial charge in [0.2, 0.25) is 16.9 Å². The van der Waals surface area contributed by atoms with Gasteiger partial charge in [0, 0.05) is 17.2 Å². The minimum Gasteiger partial charge on any atom is -0.493 e. The minimum atomic E-state index is -4.97. The highest BCUT2D eigenvalue weighted by Crippen LogP contribution is 2.39. The van der Waals surface area contributed by atoms with E-state index in [9.17, 15) is 22.8 Å². The molecule has 0 aliphatic heterocycles. The van der Waals surface area contributed by atoms with Crippen molar-refractivity contribution in [3.05, 3.63) is 87.2 Å². The van der Waals surface area contributed by atoms with Crippen molar-refractivity contribution in [2.45, 2.75) is 6.18 Å². The molecule has 0 aliphatic rings. The first-order chi connectivity index (χ1) is 18.5. The van der Waals surface area contributed by atoms with Crippen LogP contribution in [0.2, 0.25) is 5.02 Å². The lowest BCUT2D eigenvalue weighted by Gasteiger charge is -2.13. The monoisotopic (exact) mass is 560 g/mol. The van der Waals surface area contributed by atoms with Crippen LogP contribution in [0, 0.1) is 0 Å². The lowest BCUT2D eigenvalue weighted by molar-refractivity contribution is -0.152. The van der Waals surface area contributed by atoms with Crippen molar-refractivity contribution >= 4 is 34.6 Å². The van der Waals surface area contributed by atoms with Crippen LogP contribution in [0.1, 0.15) is 11.3 Å². The van der Waals surface area contributed by atoms with Crippen LogP contribution >= 0.6 is 11.6 Å². The Kier molecular flexibility index (Phi) is 7.87. The quantitative estimate of drug-likeness (QED) is 0.140. The van der Waals surface area contributed by atoms with Gasteiger partial charge in [-0.15, -0.1) is 0 Å². The molecule has 0 N–H and O–H groups in total. The van der Waals surface area contributed by atoms with E-state index >= 15 is 0 Å². The van der Waals surface area contributed by atoms with E-state index in [1.54, 1.807) is 12.1 Å².